The van der Waals surface area contributed by atoms with E-state index in [2.05, 4.69) is 36.1 Å². The first-order valence-corrected chi connectivity index (χ1v) is 11.4. The number of nitrogens with zero attached hydrogens (tertiary/aromatic N) is 2. The second-order valence-electron chi connectivity index (χ2n) is 8.84. The molecular formula is C27H24N2O5. The monoisotopic (exact) mass is 456 g/mol. The van der Waals surface area contributed by atoms with Crippen molar-refractivity contribution in [3.8, 4) is 11.5 Å². The van der Waals surface area contributed by atoms with E-state index in [1.807, 2.05) is 30.3 Å². The average Bonchev–Trinajstić information content (AvgIpc) is 3.44. The van der Waals surface area contributed by atoms with Gasteiger partial charge in [-0.3, -0.25) is 15.0 Å². The molecule has 7 nitrogen and oxygen atoms in total. The molecule has 0 bridgehead atoms. The van der Waals surface area contributed by atoms with Gasteiger partial charge in [0, 0.05) is 25.2 Å². The van der Waals surface area contributed by atoms with Crippen LogP contribution < -0.4 is 9.47 Å². The van der Waals surface area contributed by atoms with Gasteiger partial charge < -0.3 is 14.2 Å². The van der Waals surface area contributed by atoms with Gasteiger partial charge in [0.15, 0.2) is 11.5 Å². The van der Waals surface area contributed by atoms with Gasteiger partial charge in [-0.1, -0.05) is 30.3 Å². The van der Waals surface area contributed by atoms with Crippen molar-refractivity contribution in [2.24, 2.45) is 0 Å². The minimum atomic E-state index is -0.485. The van der Waals surface area contributed by atoms with Crippen LogP contribution in [0.1, 0.15) is 29.2 Å². The summed E-state index contributed by atoms with van der Waals surface area (Å²) in [7, 11) is 0. The number of ether oxygens (including phenoxy) is 3. The van der Waals surface area contributed by atoms with Crippen LogP contribution in [0.3, 0.4) is 0 Å². The number of nitro groups is 1. The largest absolute Gasteiger partial charge is 0.454 e. The molecular weight excluding hydrogens is 432 g/mol. The van der Waals surface area contributed by atoms with Crippen molar-refractivity contribution in [2.75, 3.05) is 33.1 Å². The van der Waals surface area contributed by atoms with Crippen LogP contribution in [0.2, 0.25) is 0 Å². The summed E-state index contributed by atoms with van der Waals surface area (Å²) < 4.78 is 17.2. The summed E-state index contributed by atoms with van der Waals surface area (Å²) in [6.07, 6.45) is 0. The molecule has 3 aromatic carbocycles. The maximum absolute atomic E-state index is 11.3. The molecule has 2 heterocycles. The average molecular weight is 456 g/mol. The lowest BCUT2D eigenvalue weighted by molar-refractivity contribution is -0.384. The molecule has 0 radical (unpaired) electrons. The van der Waals surface area contributed by atoms with Crippen molar-refractivity contribution in [3.63, 3.8) is 0 Å². The third-order valence-corrected chi connectivity index (χ3v) is 7.12. The van der Waals surface area contributed by atoms with Gasteiger partial charge in [0.2, 0.25) is 6.79 Å². The molecule has 34 heavy (non-hydrogen) atoms. The Hall–Kier alpha value is -3.68. The highest BCUT2D eigenvalue weighted by Gasteiger charge is 2.48. The van der Waals surface area contributed by atoms with E-state index < -0.39 is 5.54 Å². The molecule has 0 N–H and O–H groups in total. The van der Waals surface area contributed by atoms with Crippen molar-refractivity contribution in [3.05, 3.63) is 99.1 Å². The van der Waals surface area contributed by atoms with Gasteiger partial charge in [-0.2, -0.15) is 0 Å². The highest BCUT2D eigenvalue weighted by molar-refractivity contribution is 6.07. The first-order valence-electron chi connectivity index (χ1n) is 11.4. The summed E-state index contributed by atoms with van der Waals surface area (Å²) in [5.74, 6) is 1.48. The topological polar surface area (TPSA) is 74.1 Å². The Bertz CT molecular complexity index is 1300. The number of morpholine rings is 1. The molecule has 6 rings (SSSR count). The third kappa shape index (κ3) is 3.12. The number of hydrogen-bond acceptors (Lipinski definition) is 6. The van der Waals surface area contributed by atoms with Gasteiger partial charge >= 0.3 is 0 Å². The van der Waals surface area contributed by atoms with Crippen LogP contribution in [0.15, 0.2) is 66.7 Å². The van der Waals surface area contributed by atoms with Crippen molar-refractivity contribution in [2.45, 2.75) is 12.5 Å². The van der Waals surface area contributed by atoms with Gasteiger partial charge in [0.1, 0.15) is 0 Å². The molecule has 3 aliphatic rings. The second-order valence-corrected chi connectivity index (χ2v) is 8.84. The van der Waals surface area contributed by atoms with Crippen LogP contribution in [-0.4, -0.2) is 42.9 Å². The predicted molar refractivity (Wildman–Crippen MR) is 128 cm³/mol. The second kappa shape index (κ2) is 7.97. The van der Waals surface area contributed by atoms with E-state index in [1.54, 1.807) is 12.1 Å². The van der Waals surface area contributed by atoms with E-state index in [-0.39, 0.29) is 17.4 Å². The zero-order valence-corrected chi connectivity index (χ0v) is 18.8. The highest BCUT2D eigenvalue weighted by Crippen LogP contribution is 2.57. The van der Waals surface area contributed by atoms with Crippen LogP contribution in [0.5, 0.6) is 11.5 Å². The molecule has 0 aromatic heterocycles. The zero-order chi connectivity index (χ0) is 23.3. The van der Waals surface area contributed by atoms with Crippen molar-refractivity contribution in [1.82, 2.24) is 4.90 Å². The number of nitro benzene ring substituents is 1. The maximum atomic E-state index is 11.3. The number of benzene rings is 3. The SMILES string of the molecule is CC1(N2CCOCC2)C(c2ccc([N+](=O)[O-])cc2)=C(c2ccccc2)c2cc3c(cc21)OCO3. The molecule has 0 saturated carbocycles. The smallest absolute Gasteiger partial charge is 0.269 e. The summed E-state index contributed by atoms with van der Waals surface area (Å²) in [5.41, 5.74) is 6.11. The number of non-ortho nitro benzene ring substituents is 1. The highest BCUT2D eigenvalue weighted by atomic mass is 16.7. The summed E-state index contributed by atoms with van der Waals surface area (Å²) in [4.78, 5) is 13.4. The van der Waals surface area contributed by atoms with Crippen molar-refractivity contribution >= 4 is 16.8 Å². The summed E-state index contributed by atoms with van der Waals surface area (Å²) in [6, 6.07) is 21.4. The van der Waals surface area contributed by atoms with Crippen LogP contribution in [0.4, 0.5) is 5.69 Å². The van der Waals surface area contributed by atoms with Crippen molar-refractivity contribution in [1.29, 1.82) is 0 Å². The fourth-order valence-electron chi connectivity index (χ4n) is 5.48. The Morgan fingerprint density at radius 3 is 2.26 bits per heavy atom. The number of rotatable bonds is 4. The molecule has 3 aromatic rings. The molecule has 2 aliphatic heterocycles. The van der Waals surface area contributed by atoms with Gasteiger partial charge in [-0.15, -0.1) is 0 Å². The lowest BCUT2D eigenvalue weighted by Crippen LogP contribution is -2.49. The minimum absolute atomic E-state index is 0.0787. The number of fused-ring (bicyclic) bond motifs is 2. The van der Waals surface area contributed by atoms with Gasteiger partial charge in [-0.25, -0.2) is 0 Å². The van der Waals surface area contributed by atoms with E-state index in [4.69, 9.17) is 14.2 Å². The van der Waals surface area contributed by atoms with Crippen LogP contribution >= 0.6 is 0 Å². The molecule has 172 valence electrons. The summed E-state index contributed by atoms with van der Waals surface area (Å²) in [5, 5.41) is 11.3. The Morgan fingerprint density at radius 1 is 0.912 bits per heavy atom. The van der Waals surface area contributed by atoms with Crippen molar-refractivity contribution < 1.29 is 19.1 Å². The standard InChI is InChI=1S/C27H24N2O5/c1-27(28-11-13-32-14-12-28)22-16-24-23(33-17-34-24)15-21(22)25(18-5-3-2-4-6-18)26(27)19-7-9-20(10-8-19)29(30)31/h2-10,15-16H,11-14,17H2,1H3. The Labute approximate surface area is 197 Å². The number of hydrogen-bond donors (Lipinski definition) is 0. The van der Waals surface area contributed by atoms with Crippen LogP contribution in [-0.2, 0) is 10.3 Å². The Balaban J connectivity index is 1.66. The molecule has 0 amide bonds. The third-order valence-electron chi connectivity index (χ3n) is 7.12. The Morgan fingerprint density at radius 2 is 1.59 bits per heavy atom. The first-order chi connectivity index (χ1) is 16.6. The normalized spacial score (nSPS) is 21.6. The lowest BCUT2D eigenvalue weighted by atomic mass is 9.81. The quantitative estimate of drug-likeness (QED) is 0.413. The lowest BCUT2D eigenvalue weighted by Gasteiger charge is -2.43. The maximum Gasteiger partial charge on any atom is 0.269 e. The predicted octanol–water partition coefficient (Wildman–Crippen LogP) is 4.84. The summed E-state index contributed by atoms with van der Waals surface area (Å²) in [6.45, 7) is 5.33. The molecule has 1 atom stereocenters. The fourth-order valence-corrected chi connectivity index (χ4v) is 5.48. The van der Waals surface area contributed by atoms with Crippen LogP contribution in [0.25, 0.3) is 11.1 Å². The molecule has 1 unspecified atom stereocenters. The van der Waals surface area contributed by atoms with E-state index in [1.165, 1.54) is 0 Å². The van der Waals surface area contributed by atoms with E-state index in [0.29, 0.717) is 13.2 Å². The zero-order valence-electron chi connectivity index (χ0n) is 18.8. The van der Waals surface area contributed by atoms with Gasteiger partial charge in [0.05, 0.1) is 23.7 Å². The van der Waals surface area contributed by atoms with E-state index >= 15 is 0 Å². The summed E-state index contributed by atoms with van der Waals surface area (Å²) >= 11 is 0. The fraction of sp³-hybridized carbons (Fsp3) is 0.259. The molecule has 1 saturated heterocycles. The van der Waals surface area contributed by atoms with E-state index in [0.717, 1.165) is 58.0 Å². The van der Waals surface area contributed by atoms with Gasteiger partial charge in [-0.05, 0) is 64.6 Å². The molecule has 0 spiro atoms. The molecule has 1 fully saturated rings. The van der Waals surface area contributed by atoms with E-state index in [9.17, 15) is 10.1 Å². The minimum Gasteiger partial charge on any atom is -0.454 e. The first kappa shape index (κ1) is 20.9. The molecule has 1 aliphatic carbocycles. The Kier molecular flexibility index (Phi) is 4.90. The van der Waals surface area contributed by atoms with Gasteiger partial charge in [0.25, 0.3) is 5.69 Å². The molecule has 7 heteroatoms. The van der Waals surface area contributed by atoms with Crippen LogP contribution in [0, 0.1) is 10.1 Å².